The molecule has 14 heavy (non-hydrogen) atoms. The van der Waals surface area contributed by atoms with E-state index in [1.807, 2.05) is 0 Å². The van der Waals surface area contributed by atoms with Gasteiger partial charge in [-0.1, -0.05) is 45.2 Å². The molecule has 0 aromatic heterocycles. The first-order chi connectivity index (χ1) is 6.43. The molecular weight excluding hydrogens is 414 g/mol. The molecule has 2 rings (SSSR count). The van der Waals surface area contributed by atoms with E-state index in [4.69, 9.17) is 10.2 Å². The molecule has 2 saturated carbocycles. The normalized spacial score (nSPS) is 37.9. The third-order valence-corrected chi connectivity index (χ3v) is 4.81. The lowest BCUT2D eigenvalue weighted by Gasteiger charge is -1.78. The molecular formula is C8H10I2O4. The molecule has 2 aliphatic carbocycles. The molecule has 0 heterocycles. The van der Waals surface area contributed by atoms with E-state index in [2.05, 4.69) is 45.2 Å². The summed E-state index contributed by atoms with van der Waals surface area (Å²) in [6.45, 7) is 0. The van der Waals surface area contributed by atoms with Gasteiger partial charge in [-0.2, -0.15) is 0 Å². The number of carbonyl (C=O) groups is 2. The fraction of sp³-hybridized carbons (Fsp3) is 0.750. The highest BCUT2D eigenvalue weighted by Gasteiger charge is 2.41. The van der Waals surface area contributed by atoms with Crippen molar-refractivity contribution >= 4 is 57.1 Å². The van der Waals surface area contributed by atoms with Crippen molar-refractivity contribution in [2.45, 2.75) is 20.7 Å². The first-order valence-electron chi connectivity index (χ1n) is 4.17. The Morgan fingerprint density at radius 1 is 0.929 bits per heavy atom. The lowest BCUT2D eigenvalue weighted by atomic mass is 10.5. The highest BCUT2D eigenvalue weighted by atomic mass is 127. The van der Waals surface area contributed by atoms with Crippen LogP contribution in [0, 0.1) is 11.8 Å². The fourth-order valence-corrected chi connectivity index (χ4v) is 2.55. The molecule has 2 N–H and O–H groups in total. The molecule has 0 amide bonds. The van der Waals surface area contributed by atoms with Gasteiger partial charge in [0.05, 0.1) is 11.8 Å². The first-order valence-corrected chi connectivity index (χ1v) is 6.66. The zero-order valence-electron chi connectivity index (χ0n) is 7.19. The molecule has 80 valence electrons. The van der Waals surface area contributed by atoms with Crippen molar-refractivity contribution in [3.63, 3.8) is 0 Å². The summed E-state index contributed by atoms with van der Waals surface area (Å²) >= 11 is 4.30. The van der Waals surface area contributed by atoms with Gasteiger partial charge in [0.15, 0.2) is 0 Å². The number of alkyl halides is 2. The molecule has 2 fully saturated rings. The highest BCUT2D eigenvalue weighted by Crippen LogP contribution is 2.38. The summed E-state index contributed by atoms with van der Waals surface area (Å²) in [7, 11) is 0. The van der Waals surface area contributed by atoms with Crippen molar-refractivity contribution in [2.24, 2.45) is 11.8 Å². The lowest BCUT2D eigenvalue weighted by Crippen LogP contribution is -1.97. The predicted octanol–water partition coefficient (Wildman–Crippen LogP) is 1.79. The molecule has 6 heteroatoms. The maximum absolute atomic E-state index is 9.97. The van der Waals surface area contributed by atoms with E-state index < -0.39 is 11.9 Å². The first kappa shape index (κ1) is 12.5. The van der Waals surface area contributed by atoms with E-state index in [-0.39, 0.29) is 11.8 Å². The van der Waals surface area contributed by atoms with Crippen LogP contribution in [0.4, 0.5) is 0 Å². The largest absolute Gasteiger partial charge is 0.481 e. The average molecular weight is 424 g/mol. The fourth-order valence-electron chi connectivity index (χ4n) is 0.839. The summed E-state index contributed by atoms with van der Waals surface area (Å²) in [5.74, 6) is -1.33. The van der Waals surface area contributed by atoms with Gasteiger partial charge >= 0.3 is 11.9 Å². The Hall–Kier alpha value is 0.400. The van der Waals surface area contributed by atoms with Gasteiger partial charge in [0.25, 0.3) is 0 Å². The number of hydrogen-bond acceptors (Lipinski definition) is 2. The van der Waals surface area contributed by atoms with Crippen molar-refractivity contribution in [1.82, 2.24) is 0 Å². The van der Waals surface area contributed by atoms with Crippen molar-refractivity contribution in [3.05, 3.63) is 0 Å². The summed E-state index contributed by atoms with van der Waals surface area (Å²) in [4.78, 5) is 19.9. The number of hydrogen-bond donors (Lipinski definition) is 2. The monoisotopic (exact) mass is 424 g/mol. The van der Waals surface area contributed by atoms with Crippen LogP contribution in [-0.2, 0) is 9.59 Å². The van der Waals surface area contributed by atoms with Crippen LogP contribution in [0.15, 0.2) is 0 Å². The molecule has 0 aliphatic heterocycles. The molecule has 0 saturated heterocycles. The minimum atomic E-state index is -0.639. The van der Waals surface area contributed by atoms with Crippen LogP contribution < -0.4 is 0 Å². The Morgan fingerprint density at radius 2 is 1.14 bits per heavy atom. The Labute approximate surface area is 109 Å². The van der Waals surface area contributed by atoms with Crippen molar-refractivity contribution in [3.8, 4) is 0 Å². The van der Waals surface area contributed by atoms with Gasteiger partial charge in [-0.05, 0) is 12.8 Å². The summed E-state index contributed by atoms with van der Waals surface area (Å²) in [5.41, 5.74) is 0. The molecule has 0 bridgehead atoms. The number of halogens is 2. The Kier molecular flexibility index (Phi) is 4.41. The number of rotatable bonds is 2. The third kappa shape index (κ3) is 3.87. The molecule has 2 aliphatic rings. The van der Waals surface area contributed by atoms with Crippen molar-refractivity contribution in [2.75, 3.05) is 0 Å². The number of carboxylic acids is 2. The van der Waals surface area contributed by atoms with Gasteiger partial charge in [0.1, 0.15) is 0 Å². The van der Waals surface area contributed by atoms with E-state index >= 15 is 0 Å². The highest BCUT2D eigenvalue weighted by molar-refractivity contribution is 14.1. The van der Waals surface area contributed by atoms with E-state index in [9.17, 15) is 9.59 Å². The van der Waals surface area contributed by atoms with E-state index in [1.165, 1.54) is 0 Å². The standard InChI is InChI=1S/2C4H5IO2/c2*5-3-1-2(3)4(6)7/h2*2-3H,1H2,(H,6,7)/t2*2-,3-/m10/s1. The zero-order valence-corrected chi connectivity index (χ0v) is 11.5. The van der Waals surface area contributed by atoms with Gasteiger partial charge in [-0.25, -0.2) is 0 Å². The van der Waals surface area contributed by atoms with Crippen LogP contribution in [0.1, 0.15) is 12.8 Å². The molecule has 0 radical (unpaired) electrons. The lowest BCUT2D eigenvalue weighted by molar-refractivity contribution is -0.139. The molecule has 4 atom stereocenters. The average Bonchev–Trinajstić information content (AvgIpc) is 2.90. The van der Waals surface area contributed by atoms with Gasteiger partial charge in [0.2, 0.25) is 0 Å². The van der Waals surface area contributed by atoms with Crippen LogP contribution in [0.3, 0.4) is 0 Å². The van der Waals surface area contributed by atoms with Crippen molar-refractivity contribution in [1.29, 1.82) is 0 Å². The third-order valence-electron chi connectivity index (χ3n) is 2.06. The van der Waals surface area contributed by atoms with Gasteiger partial charge in [-0.3, -0.25) is 9.59 Å². The molecule has 4 nitrogen and oxygen atoms in total. The Morgan fingerprint density at radius 3 is 1.14 bits per heavy atom. The van der Waals surface area contributed by atoms with Crippen LogP contribution in [0.2, 0.25) is 0 Å². The topological polar surface area (TPSA) is 74.6 Å². The molecule has 0 aromatic rings. The Balaban J connectivity index is 0.000000140. The van der Waals surface area contributed by atoms with E-state index in [0.29, 0.717) is 7.85 Å². The molecule has 0 spiro atoms. The van der Waals surface area contributed by atoms with Crippen LogP contribution in [0.25, 0.3) is 0 Å². The number of aliphatic carboxylic acids is 2. The van der Waals surface area contributed by atoms with Crippen LogP contribution in [-0.4, -0.2) is 30.0 Å². The summed E-state index contributed by atoms with van der Waals surface area (Å²) < 4.78 is 0.824. The SMILES string of the molecule is O=C(O)[C@@H]1C[C@H]1I.O=C(O)[C@H]1C[C@@H]1I. The Bertz CT molecular complexity index is 230. The predicted molar refractivity (Wildman–Crippen MR) is 67.1 cm³/mol. The summed E-state index contributed by atoms with van der Waals surface area (Å²) in [5, 5.41) is 16.4. The second kappa shape index (κ2) is 4.95. The summed E-state index contributed by atoms with van der Waals surface area (Å²) in [6.07, 6.45) is 1.74. The minimum Gasteiger partial charge on any atom is -0.481 e. The smallest absolute Gasteiger partial charge is 0.307 e. The van der Waals surface area contributed by atoms with Crippen LogP contribution in [0.5, 0.6) is 0 Å². The maximum Gasteiger partial charge on any atom is 0.307 e. The minimum absolute atomic E-state index is 0.0272. The quantitative estimate of drug-likeness (QED) is 0.524. The zero-order chi connectivity index (χ0) is 10.9. The van der Waals surface area contributed by atoms with E-state index in [0.717, 1.165) is 12.8 Å². The van der Waals surface area contributed by atoms with Gasteiger partial charge in [0, 0.05) is 7.85 Å². The second-order valence-electron chi connectivity index (χ2n) is 3.39. The molecule has 0 unspecified atom stereocenters. The van der Waals surface area contributed by atoms with Gasteiger partial charge < -0.3 is 10.2 Å². The second-order valence-corrected chi connectivity index (χ2v) is 6.59. The molecule has 0 aromatic carbocycles. The van der Waals surface area contributed by atoms with Crippen LogP contribution >= 0.6 is 45.2 Å². The van der Waals surface area contributed by atoms with Crippen molar-refractivity contribution < 1.29 is 19.8 Å². The van der Waals surface area contributed by atoms with E-state index in [1.54, 1.807) is 0 Å². The van der Waals surface area contributed by atoms with Gasteiger partial charge in [-0.15, -0.1) is 0 Å². The number of carboxylic acid groups (broad SMARTS) is 2. The summed E-state index contributed by atoms with van der Waals surface area (Å²) in [6, 6.07) is 0. The maximum atomic E-state index is 9.97.